The van der Waals surface area contributed by atoms with Crippen LogP contribution in [0.3, 0.4) is 0 Å². The fourth-order valence-corrected chi connectivity index (χ4v) is 1.98. The molecule has 1 N–H and O–H groups in total. The van der Waals surface area contributed by atoms with Crippen LogP contribution in [0.25, 0.3) is 0 Å². The maximum atomic E-state index is 8.82. The van der Waals surface area contributed by atoms with Gasteiger partial charge in [0.15, 0.2) is 11.5 Å². The molecule has 0 atom stereocenters. The SMILES string of the molecule is OCCc1cc2c(cc1I)OCO2. The average Bonchev–Trinajstić information content (AvgIpc) is 2.52. The van der Waals surface area contributed by atoms with E-state index in [1.54, 1.807) is 0 Å². The molecule has 1 aromatic carbocycles. The van der Waals surface area contributed by atoms with Crippen molar-refractivity contribution in [3.63, 3.8) is 0 Å². The van der Waals surface area contributed by atoms with E-state index in [1.807, 2.05) is 12.1 Å². The Hall–Kier alpha value is -0.490. The first-order chi connectivity index (χ1) is 6.31. The molecule has 13 heavy (non-hydrogen) atoms. The summed E-state index contributed by atoms with van der Waals surface area (Å²) in [4.78, 5) is 0. The number of aliphatic hydroxyl groups excluding tert-OH is 1. The molecule has 0 radical (unpaired) electrons. The molecule has 0 spiro atoms. The summed E-state index contributed by atoms with van der Waals surface area (Å²) in [6, 6.07) is 3.87. The van der Waals surface area contributed by atoms with Gasteiger partial charge < -0.3 is 14.6 Å². The summed E-state index contributed by atoms with van der Waals surface area (Å²) in [7, 11) is 0. The van der Waals surface area contributed by atoms with E-state index in [9.17, 15) is 0 Å². The Kier molecular flexibility index (Phi) is 2.59. The largest absolute Gasteiger partial charge is 0.454 e. The maximum absolute atomic E-state index is 8.82. The van der Waals surface area contributed by atoms with E-state index in [4.69, 9.17) is 14.6 Å². The van der Waals surface area contributed by atoms with Gasteiger partial charge in [0.05, 0.1) is 0 Å². The molecule has 0 amide bonds. The van der Waals surface area contributed by atoms with E-state index in [2.05, 4.69) is 22.6 Å². The van der Waals surface area contributed by atoms with Crippen LogP contribution in [0.15, 0.2) is 12.1 Å². The summed E-state index contributed by atoms with van der Waals surface area (Å²) >= 11 is 2.23. The smallest absolute Gasteiger partial charge is 0.231 e. The van der Waals surface area contributed by atoms with Crippen LogP contribution < -0.4 is 9.47 Å². The molecule has 1 aromatic rings. The van der Waals surface area contributed by atoms with Crippen LogP contribution >= 0.6 is 22.6 Å². The van der Waals surface area contributed by atoms with E-state index < -0.39 is 0 Å². The predicted molar refractivity (Wildman–Crippen MR) is 56.1 cm³/mol. The molecule has 1 heterocycles. The molecule has 0 aromatic heterocycles. The molecule has 0 fully saturated rings. The number of hydrogen-bond acceptors (Lipinski definition) is 3. The second-order valence-electron chi connectivity index (χ2n) is 2.77. The van der Waals surface area contributed by atoms with E-state index in [-0.39, 0.29) is 6.61 Å². The average molecular weight is 292 g/mol. The van der Waals surface area contributed by atoms with Crippen molar-refractivity contribution in [1.29, 1.82) is 0 Å². The highest BCUT2D eigenvalue weighted by atomic mass is 127. The Morgan fingerprint density at radius 3 is 2.69 bits per heavy atom. The van der Waals surface area contributed by atoms with Gasteiger partial charge in [0, 0.05) is 10.2 Å². The third kappa shape index (κ3) is 1.73. The molecular formula is C9H9IO3. The van der Waals surface area contributed by atoms with Crippen molar-refractivity contribution in [2.75, 3.05) is 13.4 Å². The summed E-state index contributed by atoms with van der Waals surface area (Å²) in [5, 5.41) is 8.82. The Morgan fingerprint density at radius 2 is 2.00 bits per heavy atom. The highest BCUT2D eigenvalue weighted by molar-refractivity contribution is 14.1. The number of ether oxygens (including phenoxy) is 2. The van der Waals surface area contributed by atoms with Crippen molar-refractivity contribution in [2.24, 2.45) is 0 Å². The summed E-state index contributed by atoms with van der Waals surface area (Å²) < 4.78 is 11.6. The zero-order valence-corrected chi connectivity index (χ0v) is 9.08. The van der Waals surface area contributed by atoms with Crippen LogP contribution in [-0.2, 0) is 6.42 Å². The lowest BCUT2D eigenvalue weighted by Gasteiger charge is -2.03. The Morgan fingerprint density at radius 1 is 1.31 bits per heavy atom. The van der Waals surface area contributed by atoms with Crippen molar-refractivity contribution in [1.82, 2.24) is 0 Å². The summed E-state index contributed by atoms with van der Waals surface area (Å²) in [6.07, 6.45) is 0.662. The van der Waals surface area contributed by atoms with Gasteiger partial charge in [-0.3, -0.25) is 0 Å². The molecule has 0 aliphatic carbocycles. The number of rotatable bonds is 2. The minimum atomic E-state index is 0.162. The molecule has 1 aliphatic heterocycles. The maximum Gasteiger partial charge on any atom is 0.231 e. The normalized spacial score (nSPS) is 13.4. The van der Waals surface area contributed by atoms with E-state index in [0.717, 1.165) is 20.6 Å². The Labute approximate surface area is 89.8 Å². The second kappa shape index (κ2) is 3.71. The minimum Gasteiger partial charge on any atom is -0.454 e. The highest BCUT2D eigenvalue weighted by Gasteiger charge is 2.15. The fraction of sp³-hybridized carbons (Fsp3) is 0.333. The van der Waals surface area contributed by atoms with Crippen molar-refractivity contribution >= 4 is 22.6 Å². The van der Waals surface area contributed by atoms with E-state index >= 15 is 0 Å². The molecule has 0 saturated carbocycles. The summed E-state index contributed by atoms with van der Waals surface area (Å²) in [6.45, 7) is 0.462. The van der Waals surface area contributed by atoms with Crippen molar-refractivity contribution in [3.8, 4) is 11.5 Å². The quantitative estimate of drug-likeness (QED) is 0.841. The van der Waals surface area contributed by atoms with Gasteiger partial charge in [-0.2, -0.15) is 0 Å². The van der Waals surface area contributed by atoms with Crippen LogP contribution in [0.1, 0.15) is 5.56 Å². The highest BCUT2D eigenvalue weighted by Crippen LogP contribution is 2.35. The van der Waals surface area contributed by atoms with E-state index in [1.165, 1.54) is 0 Å². The van der Waals surface area contributed by atoms with Gasteiger partial charge in [-0.05, 0) is 46.7 Å². The summed E-state index contributed by atoms with van der Waals surface area (Å²) in [5.41, 5.74) is 1.10. The number of hydrogen-bond donors (Lipinski definition) is 1. The molecular weight excluding hydrogens is 283 g/mol. The molecule has 0 bridgehead atoms. The van der Waals surface area contributed by atoms with Crippen molar-refractivity contribution < 1.29 is 14.6 Å². The minimum absolute atomic E-state index is 0.162. The van der Waals surface area contributed by atoms with Crippen LogP contribution in [0.2, 0.25) is 0 Å². The first kappa shape index (κ1) is 9.08. The predicted octanol–water partition coefficient (Wildman–Crippen LogP) is 1.55. The molecule has 2 rings (SSSR count). The molecule has 0 unspecified atom stereocenters. The van der Waals surface area contributed by atoms with Gasteiger partial charge in [-0.15, -0.1) is 0 Å². The van der Waals surface area contributed by atoms with Crippen LogP contribution in [0.4, 0.5) is 0 Å². The monoisotopic (exact) mass is 292 g/mol. The number of aliphatic hydroxyl groups is 1. The van der Waals surface area contributed by atoms with Crippen LogP contribution in [0.5, 0.6) is 11.5 Å². The Bertz CT molecular complexity index is 325. The lowest BCUT2D eigenvalue weighted by Crippen LogP contribution is -1.94. The number of halogens is 1. The first-order valence-electron chi connectivity index (χ1n) is 4.00. The topological polar surface area (TPSA) is 38.7 Å². The zero-order chi connectivity index (χ0) is 9.26. The fourth-order valence-electron chi connectivity index (χ4n) is 1.27. The number of benzene rings is 1. The standard InChI is InChI=1S/C9H9IO3/c10-7-4-9-8(12-5-13-9)3-6(7)1-2-11/h3-4,11H,1-2,5H2. The molecule has 1 aliphatic rings. The van der Waals surface area contributed by atoms with Crippen molar-refractivity contribution in [3.05, 3.63) is 21.3 Å². The van der Waals surface area contributed by atoms with E-state index in [0.29, 0.717) is 13.2 Å². The van der Waals surface area contributed by atoms with Gasteiger partial charge in [0.2, 0.25) is 6.79 Å². The Balaban J connectivity index is 2.37. The van der Waals surface area contributed by atoms with Gasteiger partial charge in [0.25, 0.3) is 0 Å². The third-order valence-corrected chi connectivity index (χ3v) is 2.93. The lowest BCUT2D eigenvalue weighted by molar-refractivity contribution is 0.174. The van der Waals surface area contributed by atoms with Gasteiger partial charge in [0.1, 0.15) is 0 Å². The number of fused-ring (bicyclic) bond motifs is 1. The van der Waals surface area contributed by atoms with Crippen LogP contribution in [0, 0.1) is 3.57 Å². The third-order valence-electron chi connectivity index (χ3n) is 1.92. The second-order valence-corrected chi connectivity index (χ2v) is 3.93. The van der Waals surface area contributed by atoms with Crippen molar-refractivity contribution in [2.45, 2.75) is 6.42 Å². The van der Waals surface area contributed by atoms with Gasteiger partial charge in [-0.1, -0.05) is 0 Å². The molecule has 3 nitrogen and oxygen atoms in total. The van der Waals surface area contributed by atoms with Crippen LogP contribution in [-0.4, -0.2) is 18.5 Å². The molecule has 0 saturated heterocycles. The molecule has 4 heteroatoms. The first-order valence-corrected chi connectivity index (χ1v) is 5.08. The zero-order valence-electron chi connectivity index (χ0n) is 6.92. The van der Waals surface area contributed by atoms with Gasteiger partial charge in [-0.25, -0.2) is 0 Å². The summed E-state index contributed by atoms with van der Waals surface area (Å²) in [5.74, 6) is 1.58. The van der Waals surface area contributed by atoms with Gasteiger partial charge >= 0.3 is 0 Å². The molecule has 70 valence electrons. The lowest BCUT2D eigenvalue weighted by atomic mass is 10.1.